The van der Waals surface area contributed by atoms with Crippen molar-refractivity contribution in [1.82, 2.24) is 0 Å². The Morgan fingerprint density at radius 2 is 0.923 bits per heavy atom. The third-order valence-corrected chi connectivity index (χ3v) is 6.40. The molecular weight excluding hydrogens is 375 g/mol. The average molecular weight is 417 g/mol. The van der Waals surface area contributed by atoms with Gasteiger partial charge in [0, 0.05) is 0 Å². The summed E-state index contributed by atoms with van der Waals surface area (Å²) in [7, 11) is -4.66. The zero-order valence-electron chi connectivity index (χ0n) is 17.6. The largest absolute Gasteiger partial charge is 1.00 e. The Bertz CT molecular complexity index is 401. The van der Waals surface area contributed by atoms with Crippen LogP contribution in [0, 0.1) is 0 Å². The summed E-state index contributed by atoms with van der Waals surface area (Å²) in [5.74, 6) is 0. The second-order valence-corrected chi connectivity index (χ2v) is 9.16. The molecule has 1 unspecified atom stereocenters. The predicted octanol–water partition coefficient (Wildman–Crippen LogP) is 2.90. The first kappa shape index (κ1) is 29.7. The molecule has 0 saturated heterocycles. The minimum absolute atomic E-state index is 0. The van der Waals surface area contributed by atoms with Gasteiger partial charge in [-0.2, -0.15) is 0 Å². The van der Waals surface area contributed by atoms with Crippen molar-refractivity contribution in [1.29, 1.82) is 0 Å². The van der Waals surface area contributed by atoms with E-state index in [0.717, 1.165) is 44.9 Å². The molecule has 1 atom stereocenters. The van der Waals surface area contributed by atoms with Crippen LogP contribution in [-0.4, -0.2) is 23.0 Å². The first-order chi connectivity index (χ1) is 11.9. The molecule has 0 amide bonds. The maximum atomic E-state index is 11.5. The SMILES string of the molecule is CCCCCCCCCCCC(O)(CCCCCCCC)S(=O)(=O)[O-].[K+]. The van der Waals surface area contributed by atoms with Gasteiger partial charge in [-0.05, 0) is 25.7 Å². The molecule has 152 valence electrons. The summed E-state index contributed by atoms with van der Waals surface area (Å²) in [5, 5.41) is 10.3. The summed E-state index contributed by atoms with van der Waals surface area (Å²) in [6, 6.07) is 0. The summed E-state index contributed by atoms with van der Waals surface area (Å²) in [4.78, 5) is -2.06. The summed E-state index contributed by atoms with van der Waals surface area (Å²) in [6.45, 7) is 4.35. The Kier molecular flexibility index (Phi) is 21.2. The van der Waals surface area contributed by atoms with Crippen molar-refractivity contribution in [3.63, 3.8) is 0 Å². The standard InChI is InChI=1S/C20H42O4S.K/c1-3-5-7-9-11-12-13-15-17-19-20(21,25(22,23)24)18-16-14-10-8-6-4-2;/h21H,3-19H2,1-2H3,(H,22,23,24);/q;+1/p-1. The zero-order valence-corrected chi connectivity index (χ0v) is 21.5. The number of unbranched alkanes of at least 4 members (excludes halogenated alkanes) is 13. The monoisotopic (exact) mass is 416 g/mol. The summed E-state index contributed by atoms with van der Waals surface area (Å²) in [6.07, 6.45) is 16.2. The van der Waals surface area contributed by atoms with Crippen LogP contribution in [0.5, 0.6) is 0 Å². The maximum Gasteiger partial charge on any atom is 1.00 e. The Labute approximate surface area is 205 Å². The Morgan fingerprint density at radius 1 is 0.654 bits per heavy atom. The average Bonchev–Trinajstić information content (AvgIpc) is 2.55. The molecule has 0 bridgehead atoms. The topological polar surface area (TPSA) is 77.4 Å². The van der Waals surface area contributed by atoms with Crippen LogP contribution >= 0.6 is 0 Å². The molecule has 0 radical (unpaired) electrons. The van der Waals surface area contributed by atoms with Crippen LogP contribution < -0.4 is 51.4 Å². The van der Waals surface area contributed by atoms with Gasteiger partial charge in [-0.25, -0.2) is 8.42 Å². The van der Waals surface area contributed by atoms with Crippen LogP contribution in [0.3, 0.4) is 0 Å². The molecule has 0 aliphatic carbocycles. The van der Waals surface area contributed by atoms with Crippen LogP contribution in [0.25, 0.3) is 0 Å². The fraction of sp³-hybridized carbons (Fsp3) is 1.00. The van der Waals surface area contributed by atoms with Crippen molar-refractivity contribution < 1.29 is 69.5 Å². The molecule has 4 nitrogen and oxygen atoms in total. The molecule has 6 heteroatoms. The molecule has 0 aromatic carbocycles. The van der Waals surface area contributed by atoms with E-state index in [1.54, 1.807) is 0 Å². The minimum Gasteiger partial charge on any atom is -0.746 e. The maximum absolute atomic E-state index is 11.5. The fourth-order valence-electron chi connectivity index (χ4n) is 3.27. The minimum atomic E-state index is -4.66. The predicted molar refractivity (Wildman–Crippen MR) is 104 cm³/mol. The third-order valence-electron chi connectivity index (χ3n) is 5.06. The number of rotatable bonds is 18. The Morgan fingerprint density at radius 3 is 1.19 bits per heavy atom. The van der Waals surface area contributed by atoms with Gasteiger partial charge in [-0.3, -0.25) is 0 Å². The van der Waals surface area contributed by atoms with Crippen molar-refractivity contribution in [2.24, 2.45) is 0 Å². The zero-order chi connectivity index (χ0) is 19.0. The van der Waals surface area contributed by atoms with Gasteiger partial charge in [0.2, 0.25) is 0 Å². The van der Waals surface area contributed by atoms with Gasteiger partial charge >= 0.3 is 51.4 Å². The van der Waals surface area contributed by atoms with Crippen LogP contribution in [0.4, 0.5) is 0 Å². The van der Waals surface area contributed by atoms with Crippen molar-refractivity contribution >= 4 is 10.1 Å². The van der Waals surface area contributed by atoms with Crippen molar-refractivity contribution in [3.8, 4) is 0 Å². The van der Waals surface area contributed by atoms with E-state index in [1.807, 2.05) is 0 Å². The smallest absolute Gasteiger partial charge is 0.746 e. The molecule has 0 saturated carbocycles. The summed E-state index contributed by atoms with van der Waals surface area (Å²) < 4.78 is 34.4. The molecule has 0 heterocycles. The van der Waals surface area contributed by atoms with Gasteiger partial charge in [0.25, 0.3) is 0 Å². The normalized spacial score (nSPS) is 14.0. The van der Waals surface area contributed by atoms with E-state index in [4.69, 9.17) is 0 Å². The van der Waals surface area contributed by atoms with Crippen molar-refractivity contribution in [2.75, 3.05) is 0 Å². The first-order valence-electron chi connectivity index (χ1n) is 10.5. The van der Waals surface area contributed by atoms with Gasteiger partial charge in [0.15, 0.2) is 4.93 Å². The van der Waals surface area contributed by atoms with E-state index in [0.29, 0.717) is 12.8 Å². The van der Waals surface area contributed by atoms with E-state index >= 15 is 0 Å². The Hall–Kier alpha value is 1.51. The van der Waals surface area contributed by atoms with Gasteiger partial charge in [0.1, 0.15) is 10.1 Å². The van der Waals surface area contributed by atoms with Crippen LogP contribution in [0.2, 0.25) is 0 Å². The molecule has 0 spiro atoms. The van der Waals surface area contributed by atoms with Crippen molar-refractivity contribution in [3.05, 3.63) is 0 Å². The van der Waals surface area contributed by atoms with Crippen LogP contribution in [0.1, 0.15) is 123 Å². The van der Waals surface area contributed by atoms with Crippen LogP contribution in [-0.2, 0) is 10.1 Å². The van der Waals surface area contributed by atoms with Gasteiger partial charge in [0.05, 0.1) is 0 Å². The number of hydrogen-bond acceptors (Lipinski definition) is 4. The molecule has 0 rings (SSSR count). The number of aliphatic hydroxyl groups is 1. The molecule has 0 fully saturated rings. The first-order valence-corrected chi connectivity index (χ1v) is 12.0. The fourth-order valence-corrected chi connectivity index (χ4v) is 4.06. The molecule has 0 aliphatic rings. The van der Waals surface area contributed by atoms with Gasteiger partial charge in [-0.15, -0.1) is 0 Å². The van der Waals surface area contributed by atoms with Gasteiger partial charge < -0.3 is 9.66 Å². The second-order valence-electron chi connectivity index (χ2n) is 7.50. The molecule has 26 heavy (non-hydrogen) atoms. The van der Waals surface area contributed by atoms with E-state index in [-0.39, 0.29) is 64.2 Å². The molecule has 0 aromatic heterocycles. The molecular formula is C20H41KO4S. The van der Waals surface area contributed by atoms with Gasteiger partial charge in [-0.1, -0.05) is 97.3 Å². The van der Waals surface area contributed by atoms with E-state index < -0.39 is 15.1 Å². The van der Waals surface area contributed by atoms with Crippen LogP contribution in [0.15, 0.2) is 0 Å². The van der Waals surface area contributed by atoms with E-state index in [2.05, 4.69) is 13.8 Å². The van der Waals surface area contributed by atoms with Crippen molar-refractivity contribution in [2.45, 2.75) is 128 Å². The molecule has 0 aliphatic heterocycles. The summed E-state index contributed by atoms with van der Waals surface area (Å²) >= 11 is 0. The quantitative estimate of drug-likeness (QED) is 0.212. The molecule has 0 aromatic rings. The van der Waals surface area contributed by atoms with E-state index in [1.165, 1.54) is 38.5 Å². The second kappa shape index (κ2) is 18.5. The summed E-state index contributed by atoms with van der Waals surface area (Å²) in [5.41, 5.74) is 0. The Balaban J connectivity index is 0. The molecule has 1 N–H and O–H groups in total. The third kappa shape index (κ3) is 15.4. The number of hydrogen-bond donors (Lipinski definition) is 1. The van der Waals surface area contributed by atoms with E-state index in [9.17, 15) is 18.1 Å².